The van der Waals surface area contributed by atoms with Gasteiger partial charge < -0.3 is 5.11 Å². The van der Waals surface area contributed by atoms with Gasteiger partial charge in [0.15, 0.2) is 0 Å². The van der Waals surface area contributed by atoms with Crippen molar-refractivity contribution in [1.29, 1.82) is 0 Å². The molecule has 0 fully saturated rings. The van der Waals surface area contributed by atoms with Crippen molar-refractivity contribution in [1.82, 2.24) is 0 Å². The molecule has 0 aliphatic rings. The van der Waals surface area contributed by atoms with E-state index in [4.69, 9.17) is 0 Å². The van der Waals surface area contributed by atoms with Crippen molar-refractivity contribution < 1.29 is 5.11 Å². The third-order valence-electron chi connectivity index (χ3n) is 2.15. The lowest BCUT2D eigenvalue weighted by Crippen LogP contribution is -1.98. The Morgan fingerprint density at radius 2 is 2.07 bits per heavy atom. The zero-order valence-electron chi connectivity index (χ0n) is 8.13. The maximum absolute atomic E-state index is 9.88. The lowest BCUT2D eigenvalue weighted by Gasteiger charge is -2.12. The average molecular weight is 322 g/mol. The van der Waals surface area contributed by atoms with Crippen molar-refractivity contribution in [3.05, 3.63) is 32.7 Å². The predicted octanol–water partition coefficient (Wildman–Crippen LogP) is 4.44. The lowest BCUT2D eigenvalue weighted by atomic mass is 10.0. The molecule has 0 heterocycles. The smallest absolute Gasteiger partial charge is 0.0801 e. The maximum Gasteiger partial charge on any atom is 0.0801 e. The first kappa shape index (κ1) is 12.2. The molecule has 14 heavy (non-hydrogen) atoms. The second-order valence-electron chi connectivity index (χ2n) is 3.32. The molecule has 0 spiro atoms. The fraction of sp³-hybridized carbons (Fsp3) is 0.455. The molecule has 0 amide bonds. The van der Waals surface area contributed by atoms with Gasteiger partial charge in [-0.15, -0.1) is 0 Å². The van der Waals surface area contributed by atoms with Gasteiger partial charge in [-0.2, -0.15) is 0 Å². The number of halogens is 2. The van der Waals surface area contributed by atoms with Gasteiger partial charge in [-0.3, -0.25) is 0 Å². The first-order chi connectivity index (χ1) is 6.65. The van der Waals surface area contributed by atoms with E-state index in [1.807, 2.05) is 18.2 Å². The Morgan fingerprint density at radius 3 is 2.64 bits per heavy atom. The minimum absolute atomic E-state index is 0.350. The highest BCUT2D eigenvalue weighted by atomic mass is 79.9. The third kappa shape index (κ3) is 3.37. The summed E-state index contributed by atoms with van der Waals surface area (Å²) in [6.07, 6.45) is 2.66. The van der Waals surface area contributed by atoms with E-state index in [0.717, 1.165) is 33.8 Å². The molecule has 0 saturated heterocycles. The van der Waals surface area contributed by atoms with Gasteiger partial charge in [0.05, 0.1) is 6.10 Å². The zero-order chi connectivity index (χ0) is 10.6. The van der Waals surface area contributed by atoms with Gasteiger partial charge in [-0.25, -0.2) is 0 Å². The summed E-state index contributed by atoms with van der Waals surface area (Å²) >= 11 is 6.84. The summed E-state index contributed by atoms with van der Waals surface area (Å²) in [4.78, 5) is 0. The molecule has 0 saturated carbocycles. The van der Waals surface area contributed by atoms with Crippen molar-refractivity contribution >= 4 is 31.9 Å². The van der Waals surface area contributed by atoms with Crippen LogP contribution in [0.15, 0.2) is 27.1 Å². The minimum atomic E-state index is -0.350. The summed E-state index contributed by atoms with van der Waals surface area (Å²) in [6.45, 7) is 2.13. The Bertz CT molecular complexity index is 299. The van der Waals surface area contributed by atoms with Crippen LogP contribution in [0.4, 0.5) is 0 Å². The maximum atomic E-state index is 9.88. The summed E-state index contributed by atoms with van der Waals surface area (Å²) in [5, 5.41) is 9.88. The quantitative estimate of drug-likeness (QED) is 0.869. The predicted molar refractivity (Wildman–Crippen MR) is 66.3 cm³/mol. The molecule has 1 aromatic rings. The SMILES string of the molecule is CCCCC(O)c1ccc(Br)cc1Br. The normalized spacial score (nSPS) is 12.9. The van der Waals surface area contributed by atoms with E-state index in [1.165, 1.54) is 0 Å². The molecule has 1 nitrogen and oxygen atoms in total. The van der Waals surface area contributed by atoms with Crippen molar-refractivity contribution in [3.63, 3.8) is 0 Å². The molecule has 1 N–H and O–H groups in total. The van der Waals surface area contributed by atoms with Gasteiger partial charge in [0, 0.05) is 8.95 Å². The molecule has 0 aliphatic carbocycles. The first-order valence-electron chi connectivity index (χ1n) is 4.78. The van der Waals surface area contributed by atoms with E-state index in [2.05, 4.69) is 38.8 Å². The van der Waals surface area contributed by atoms with E-state index in [9.17, 15) is 5.11 Å². The van der Waals surface area contributed by atoms with Gasteiger partial charge in [0.2, 0.25) is 0 Å². The van der Waals surface area contributed by atoms with Crippen molar-refractivity contribution in [3.8, 4) is 0 Å². The molecule has 0 aromatic heterocycles. The van der Waals surface area contributed by atoms with Crippen LogP contribution < -0.4 is 0 Å². The number of unbranched alkanes of at least 4 members (excludes halogenated alkanes) is 1. The van der Waals surface area contributed by atoms with E-state index in [1.54, 1.807) is 0 Å². The summed E-state index contributed by atoms with van der Waals surface area (Å²) < 4.78 is 1.99. The summed E-state index contributed by atoms with van der Waals surface area (Å²) in [5.41, 5.74) is 0.974. The van der Waals surface area contributed by atoms with Crippen LogP contribution in [0.3, 0.4) is 0 Å². The summed E-state index contributed by atoms with van der Waals surface area (Å²) in [5.74, 6) is 0. The Labute approximate surface area is 102 Å². The molecular weight excluding hydrogens is 308 g/mol. The van der Waals surface area contributed by atoms with Crippen LogP contribution in [-0.4, -0.2) is 5.11 Å². The molecule has 1 aromatic carbocycles. The van der Waals surface area contributed by atoms with E-state index < -0.39 is 0 Å². The van der Waals surface area contributed by atoms with Crippen molar-refractivity contribution in [2.45, 2.75) is 32.3 Å². The van der Waals surface area contributed by atoms with Crippen LogP contribution in [0.5, 0.6) is 0 Å². The average Bonchev–Trinajstić information content (AvgIpc) is 2.14. The molecule has 1 unspecified atom stereocenters. The Morgan fingerprint density at radius 1 is 1.36 bits per heavy atom. The van der Waals surface area contributed by atoms with Crippen LogP contribution in [0.25, 0.3) is 0 Å². The summed E-state index contributed by atoms with van der Waals surface area (Å²) in [7, 11) is 0. The molecule has 78 valence electrons. The number of hydrogen-bond acceptors (Lipinski definition) is 1. The van der Waals surface area contributed by atoms with Gasteiger partial charge >= 0.3 is 0 Å². The minimum Gasteiger partial charge on any atom is -0.388 e. The van der Waals surface area contributed by atoms with Crippen LogP contribution in [0.1, 0.15) is 37.9 Å². The lowest BCUT2D eigenvalue weighted by molar-refractivity contribution is 0.163. The Kier molecular flexibility index (Phi) is 5.13. The largest absolute Gasteiger partial charge is 0.388 e. The second-order valence-corrected chi connectivity index (χ2v) is 5.09. The summed E-state index contributed by atoms with van der Waals surface area (Å²) in [6, 6.07) is 5.87. The van der Waals surface area contributed by atoms with Crippen LogP contribution in [0, 0.1) is 0 Å². The topological polar surface area (TPSA) is 20.2 Å². The first-order valence-corrected chi connectivity index (χ1v) is 6.36. The van der Waals surface area contributed by atoms with Gasteiger partial charge in [-0.05, 0) is 24.1 Å². The highest BCUT2D eigenvalue weighted by Gasteiger charge is 2.10. The Hall–Kier alpha value is 0.140. The second kappa shape index (κ2) is 5.89. The molecular formula is C11H14Br2O. The molecule has 3 heteroatoms. The third-order valence-corrected chi connectivity index (χ3v) is 3.33. The van der Waals surface area contributed by atoms with E-state index in [0.29, 0.717) is 0 Å². The number of rotatable bonds is 4. The monoisotopic (exact) mass is 320 g/mol. The highest BCUT2D eigenvalue weighted by Crippen LogP contribution is 2.29. The van der Waals surface area contributed by atoms with Crippen LogP contribution in [0.2, 0.25) is 0 Å². The fourth-order valence-corrected chi connectivity index (χ4v) is 2.64. The molecule has 0 aliphatic heterocycles. The standard InChI is InChI=1S/C11H14Br2O/c1-2-3-4-11(14)9-6-5-8(12)7-10(9)13/h5-7,11,14H,2-4H2,1H3. The van der Waals surface area contributed by atoms with Crippen molar-refractivity contribution in [2.75, 3.05) is 0 Å². The van der Waals surface area contributed by atoms with Gasteiger partial charge in [-0.1, -0.05) is 57.7 Å². The number of aliphatic hydroxyl groups is 1. The highest BCUT2D eigenvalue weighted by molar-refractivity contribution is 9.11. The van der Waals surface area contributed by atoms with E-state index in [-0.39, 0.29) is 6.10 Å². The van der Waals surface area contributed by atoms with Crippen LogP contribution >= 0.6 is 31.9 Å². The number of benzene rings is 1. The van der Waals surface area contributed by atoms with E-state index >= 15 is 0 Å². The number of hydrogen-bond donors (Lipinski definition) is 1. The Balaban J connectivity index is 2.74. The van der Waals surface area contributed by atoms with Crippen molar-refractivity contribution in [2.24, 2.45) is 0 Å². The molecule has 1 rings (SSSR count). The fourth-order valence-electron chi connectivity index (χ4n) is 1.32. The number of aliphatic hydroxyl groups excluding tert-OH is 1. The van der Waals surface area contributed by atoms with Gasteiger partial charge in [0.25, 0.3) is 0 Å². The van der Waals surface area contributed by atoms with Crippen LogP contribution in [-0.2, 0) is 0 Å². The molecule has 1 atom stereocenters. The zero-order valence-corrected chi connectivity index (χ0v) is 11.3. The molecule has 0 radical (unpaired) electrons. The molecule has 0 bridgehead atoms. The van der Waals surface area contributed by atoms with Gasteiger partial charge in [0.1, 0.15) is 0 Å².